The average Bonchev–Trinajstić information content (AvgIpc) is 3.03. The van der Waals surface area contributed by atoms with Gasteiger partial charge in [0.15, 0.2) is 0 Å². The van der Waals surface area contributed by atoms with Gasteiger partial charge >= 0.3 is 0 Å². The molecule has 2 aliphatic rings. The first-order valence-corrected chi connectivity index (χ1v) is 7.78. The quantitative estimate of drug-likeness (QED) is 0.880. The van der Waals surface area contributed by atoms with Crippen molar-refractivity contribution in [2.45, 2.75) is 38.4 Å². The molecule has 22 heavy (non-hydrogen) atoms. The standard InChI is InChI=1S/C16H21N3O3/c1-2-22-14-8-13(20)16(14)3-5-19(6-4-16)15(21)12-7-11(9-17)10-18-12/h7,10,13-14,18,20H,2-6,8H2,1H3/t13-,14-/m0/s1. The molecule has 1 aliphatic carbocycles. The van der Waals surface area contributed by atoms with Crippen molar-refractivity contribution >= 4 is 5.91 Å². The van der Waals surface area contributed by atoms with Gasteiger partial charge in [0.25, 0.3) is 5.91 Å². The molecule has 2 atom stereocenters. The number of rotatable bonds is 3. The maximum atomic E-state index is 12.4. The predicted molar refractivity (Wildman–Crippen MR) is 79.1 cm³/mol. The molecular weight excluding hydrogens is 282 g/mol. The van der Waals surface area contributed by atoms with Gasteiger partial charge in [-0.3, -0.25) is 4.79 Å². The van der Waals surface area contributed by atoms with Crippen molar-refractivity contribution in [1.82, 2.24) is 9.88 Å². The number of carbonyl (C=O) groups excluding carboxylic acids is 1. The first kappa shape index (κ1) is 15.1. The summed E-state index contributed by atoms with van der Waals surface area (Å²) in [6.45, 7) is 3.84. The zero-order chi connectivity index (χ0) is 15.7. The Labute approximate surface area is 129 Å². The number of nitriles is 1. The molecule has 1 aliphatic heterocycles. The first-order valence-electron chi connectivity index (χ1n) is 7.78. The largest absolute Gasteiger partial charge is 0.392 e. The van der Waals surface area contributed by atoms with Gasteiger partial charge in [0.2, 0.25) is 0 Å². The molecule has 0 aromatic carbocycles. The Kier molecular flexibility index (Phi) is 3.94. The number of carbonyl (C=O) groups is 1. The number of aromatic amines is 1. The number of hydrogen-bond acceptors (Lipinski definition) is 4. The third kappa shape index (κ3) is 2.31. The normalized spacial score (nSPS) is 26.5. The Hall–Kier alpha value is -1.84. The maximum absolute atomic E-state index is 12.4. The van der Waals surface area contributed by atoms with Gasteiger partial charge in [-0.2, -0.15) is 5.26 Å². The summed E-state index contributed by atoms with van der Waals surface area (Å²) in [4.78, 5) is 17.1. The number of aliphatic hydroxyl groups excluding tert-OH is 1. The Bertz CT molecular complexity index is 594. The highest BCUT2D eigenvalue weighted by molar-refractivity contribution is 5.93. The lowest BCUT2D eigenvalue weighted by Crippen LogP contribution is -2.62. The Morgan fingerprint density at radius 2 is 2.32 bits per heavy atom. The molecule has 2 heterocycles. The Morgan fingerprint density at radius 3 is 2.86 bits per heavy atom. The van der Waals surface area contributed by atoms with Gasteiger partial charge in [0.05, 0.1) is 17.8 Å². The zero-order valence-corrected chi connectivity index (χ0v) is 12.7. The van der Waals surface area contributed by atoms with Gasteiger partial charge in [0, 0.05) is 37.7 Å². The number of ether oxygens (including phenoxy) is 1. The van der Waals surface area contributed by atoms with E-state index in [2.05, 4.69) is 4.98 Å². The van der Waals surface area contributed by atoms with Crippen LogP contribution in [-0.2, 0) is 4.74 Å². The van der Waals surface area contributed by atoms with E-state index in [4.69, 9.17) is 10.00 Å². The molecule has 6 heteroatoms. The summed E-state index contributed by atoms with van der Waals surface area (Å²) in [6.07, 6.45) is 3.55. The van der Waals surface area contributed by atoms with Crippen molar-refractivity contribution in [2.75, 3.05) is 19.7 Å². The second kappa shape index (κ2) is 5.75. The van der Waals surface area contributed by atoms with Crippen molar-refractivity contribution in [2.24, 2.45) is 5.41 Å². The monoisotopic (exact) mass is 303 g/mol. The summed E-state index contributed by atoms with van der Waals surface area (Å²) in [7, 11) is 0. The number of hydrogen-bond donors (Lipinski definition) is 2. The molecule has 1 aromatic heterocycles. The Balaban J connectivity index is 1.64. The lowest BCUT2D eigenvalue weighted by molar-refractivity contribution is -0.207. The van der Waals surface area contributed by atoms with E-state index in [1.165, 1.54) is 0 Å². The second-order valence-corrected chi connectivity index (χ2v) is 6.13. The molecule has 1 saturated heterocycles. The molecule has 118 valence electrons. The average molecular weight is 303 g/mol. The summed E-state index contributed by atoms with van der Waals surface area (Å²) >= 11 is 0. The molecular formula is C16H21N3O3. The minimum Gasteiger partial charge on any atom is -0.392 e. The van der Waals surface area contributed by atoms with Crippen molar-refractivity contribution in [1.29, 1.82) is 5.26 Å². The molecule has 0 unspecified atom stereocenters. The molecule has 0 bridgehead atoms. The highest BCUT2D eigenvalue weighted by Gasteiger charge is 2.56. The van der Waals surface area contributed by atoms with Crippen molar-refractivity contribution in [3.8, 4) is 6.07 Å². The van der Waals surface area contributed by atoms with Crippen LogP contribution >= 0.6 is 0 Å². The summed E-state index contributed by atoms with van der Waals surface area (Å²) in [6, 6.07) is 3.59. The third-order valence-electron chi connectivity index (χ3n) is 5.13. The van der Waals surface area contributed by atoms with Crippen LogP contribution in [0.25, 0.3) is 0 Å². The number of aliphatic hydroxyl groups is 1. The molecule has 6 nitrogen and oxygen atoms in total. The molecule has 2 N–H and O–H groups in total. The van der Waals surface area contributed by atoms with Gasteiger partial charge in [-0.05, 0) is 25.8 Å². The third-order valence-corrected chi connectivity index (χ3v) is 5.13. The highest BCUT2D eigenvalue weighted by atomic mass is 16.5. The number of nitrogens with one attached hydrogen (secondary N) is 1. The number of piperidine rings is 1. The van der Waals surface area contributed by atoms with Gasteiger partial charge in [0.1, 0.15) is 11.8 Å². The second-order valence-electron chi connectivity index (χ2n) is 6.13. The highest BCUT2D eigenvalue weighted by Crippen LogP contribution is 2.51. The smallest absolute Gasteiger partial charge is 0.270 e. The van der Waals surface area contributed by atoms with Crippen molar-refractivity contribution in [3.63, 3.8) is 0 Å². The van der Waals surface area contributed by atoms with Gasteiger partial charge in [-0.1, -0.05) is 0 Å². The topological polar surface area (TPSA) is 89.3 Å². The summed E-state index contributed by atoms with van der Waals surface area (Å²) in [5.41, 5.74) is 0.728. The summed E-state index contributed by atoms with van der Waals surface area (Å²) in [5, 5.41) is 19.0. The van der Waals surface area contributed by atoms with E-state index < -0.39 is 0 Å². The van der Waals surface area contributed by atoms with Crippen LogP contribution in [0.4, 0.5) is 0 Å². The van der Waals surface area contributed by atoms with E-state index in [0.717, 1.165) is 12.8 Å². The number of nitrogens with zero attached hydrogens (tertiary/aromatic N) is 2. The van der Waals surface area contributed by atoms with Crippen LogP contribution in [0.1, 0.15) is 42.2 Å². The first-order chi connectivity index (χ1) is 10.6. The molecule has 3 rings (SSSR count). The van der Waals surface area contributed by atoms with Crippen LogP contribution in [0.15, 0.2) is 12.3 Å². The summed E-state index contributed by atoms with van der Waals surface area (Å²) < 4.78 is 5.73. The van der Waals surface area contributed by atoms with Crippen LogP contribution in [0.2, 0.25) is 0 Å². The number of aromatic nitrogens is 1. The fourth-order valence-corrected chi connectivity index (χ4v) is 3.70. The summed E-state index contributed by atoms with van der Waals surface area (Å²) in [5.74, 6) is -0.0851. The minimum absolute atomic E-state index is 0.0851. The van der Waals surface area contributed by atoms with E-state index in [1.54, 1.807) is 17.2 Å². The zero-order valence-electron chi connectivity index (χ0n) is 12.7. The minimum atomic E-state index is -0.322. The van der Waals surface area contributed by atoms with E-state index in [-0.39, 0.29) is 23.5 Å². The molecule has 0 radical (unpaired) electrons. The maximum Gasteiger partial charge on any atom is 0.270 e. The number of amides is 1. The van der Waals surface area contributed by atoms with Gasteiger partial charge in [-0.15, -0.1) is 0 Å². The SMILES string of the molecule is CCO[C@H]1C[C@H](O)C12CCN(C(=O)c1cc(C#N)c[nH]1)CC2. The van der Waals surface area contributed by atoms with E-state index in [1.807, 2.05) is 13.0 Å². The Morgan fingerprint density at radius 1 is 1.59 bits per heavy atom. The van der Waals surface area contributed by atoms with Crippen LogP contribution < -0.4 is 0 Å². The molecule has 2 fully saturated rings. The predicted octanol–water partition coefficient (Wildman–Crippen LogP) is 1.28. The molecule has 1 aromatic rings. The molecule has 1 saturated carbocycles. The van der Waals surface area contributed by atoms with Gasteiger partial charge < -0.3 is 19.7 Å². The van der Waals surface area contributed by atoms with Crippen molar-refractivity contribution in [3.05, 3.63) is 23.5 Å². The molecule has 1 amide bonds. The van der Waals surface area contributed by atoms with E-state index in [9.17, 15) is 9.90 Å². The van der Waals surface area contributed by atoms with Crippen LogP contribution in [-0.4, -0.2) is 52.8 Å². The number of likely N-dealkylation sites (tertiary alicyclic amines) is 1. The van der Waals surface area contributed by atoms with E-state index in [0.29, 0.717) is 37.4 Å². The lowest BCUT2D eigenvalue weighted by atomic mass is 9.58. The van der Waals surface area contributed by atoms with Crippen LogP contribution in [0.3, 0.4) is 0 Å². The van der Waals surface area contributed by atoms with Crippen LogP contribution in [0, 0.1) is 16.7 Å². The fraction of sp³-hybridized carbons (Fsp3) is 0.625. The lowest BCUT2D eigenvalue weighted by Gasteiger charge is -2.56. The van der Waals surface area contributed by atoms with E-state index >= 15 is 0 Å². The molecule has 1 spiro atoms. The number of H-pyrrole nitrogens is 1. The van der Waals surface area contributed by atoms with Gasteiger partial charge in [-0.25, -0.2) is 0 Å². The van der Waals surface area contributed by atoms with Crippen molar-refractivity contribution < 1.29 is 14.6 Å². The fourth-order valence-electron chi connectivity index (χ4n) is 3.70. The van der Waals surface area contributed by atoms with Crippen LogP contribution in [0.5, 0.6) is 0 Å².